The predicted octanol–water partition coefficient (Wildman–Crippen LogP) is 13.2. The van der Waals surface area contributed by atoms with Gasteiger partial charge in [-0.3, -0.25) is 19.1 Å². The smallest absolute Gasteiger partial charge is 0.284 e. The molecule has 3 aliphatic rings. The highest BCUT2D eigenvalue weighted by Gasteiger charge is 2.61. The van der Waals surface area contributed by atoms with Crippen molar-refractivity contribution in [1.29, 1.82) is 5.26 Å². The van der Waals surface area contributed by atoms with E-state index in [1.807, 2.05) is 20.8 Å². The van der Waals surface area contributed by atoms with Gasteiger partial charge in [0.15, 0.2) is 11.4 Å². The first-order valence-corrected chi connectivity index (χ1v) is 29.4. The third-order valence-electron chi connectivity index (χ3n) is 16.2. The minimum atomic E-state index is -2.90. The Kier molecular flexibility index (Phi) is 19.7. The van der Waals surface area contributed by atoms with Gasteiger partial charge in [0.25, 0.3) is 18.2 Å². The maximum atomic E-state index is 16.2. The number of rotatable bonds is 24. The SMILES string of the molecule is COc1cc(C(=O)NCCCCCCN(C)CC2CCC(n3cc(NC(=O)c4coc(-c5ccnc(NCC6CC6)c5)n4)c(C(F)F)n3)CC2)ccc1NC(=O)[C@@H]1N[C@@H](CC(C)(C)C)[C@](C#N)(c2ccc(Cl)cc2F)[C@H]1c1cccc(Cl)c1F. The predicted molar refractivity (Wildman–Crippen MR) is 315 cm³/mol. The second-order valence-corrected chi connectivity index (χ2v) is 24.5. The molecule has 6 aromatic rings. The van der Waals surface area contributed by atoms with Crippen molar-refractivity contribution in [2.75, 3.05) is 56.3 Å². The number of hydrogen-bond acceptors (Lipinski definition) is 12. The van der Waals surface area contributed by atoms with E-state index in [2.05, 4.69) is 59.7 Å². The molecule has 16 nitrogen and oxygen atoms in total. The molecule has 4 heterocycles. The number of unbranched alkanes of at least 4 members (excludes halogenated alkanes) is 3. The van der Waals surface area contributed by atoms with Gasteiger partial charge in [0.1, 0.15) is 34.9 Å². The molecule has 0 radical (unpaired) electrons. The molecule has 22 heteroatoms. The largest absolute Gasteiger partial charge is 0.495 e. The van der Waals surface area contributed by atoms with Crippen LogP contribution >= 0.6 is 23.2 Å². The van der Waals surface area contributed by atoms with E-state index in [4.69, 9.17) is 32.4 Å². The van der Waals surface area contributed by atoms with Crippen molar-refractivity contribution < 1.29 is 41.1 Å². The van der Waals surface area contributed by atoms with Gasteiger partial charge in [-0.05, 0) is 143 Å². The fourth-order valence-electron chi connectivity index (χ4n) is 11.8. The number of nitrogens with one attached hydrogen (secondary N) is 5. The van der Waals surface area contributed by atoms with Crippen molar-refractivity contribution in [1.82, 2.24) is 35.3 Å². The Hall–Kier alpha value is -7.05. The van der Waals surface area contributed by atoms with Gasteiger partial charge >= 0.3 is 0 Å². The number of carbonyl (C=O) groups is 3. The number of halogens is 6. The van der Waals surface area contributed by atoms with Crippen molar-refractivity contribution in [3.63, 3.8) is 0 Å². The lowest BCUT2D eigenvalue weighted by atomic mass is 9.62. The minimum absolute atomic E-state index is 0.0426. The highest BCUT2D eigenvalue weighted by atomic mass is 35.5. The standard InChI is InChI=1S/C62H71Cl2F4N11O5/c1-61(2,3)30-50-62(35-69,43-21-18-40(63)29-45(43)65)52(42-11-10-12-44(64)53(42)66)55(76-50)59(82)73-46-22-17-38(27-49(46)83-5)57(80)71-24-8-6-7-9-26-78(4)32-37-15-19-41(20-16-37)79-33-47(54(77-79)56(67)68)74-58(81)48-34-84-60(75-48)39-23-25-70-51(28-39)72-31-36-13-14-36/h10-12,17-18,21-23,25,27-29,33-34,36-37,41,50,52,55-56,76H,6-9,13-16,19-20,24,26,30-32H2,1-5H3,(H,70,72)(H,71,80)(H,73,82)(H,74,81)/t37?,41?,50-,52-,55+,62-/m0/s1. The maximum absolute atomic E-state index is 16.2. The Morgan fingerprint density at radius 3 is 2.42 bits per heavy atom. The second-order valence-electron chi connectivity index (χ2n) is 23.7. The molecule has 446 valence electrons. The molecule has 84 heavy (non-hydrogen) atoms. The summed E-state index contributed by atoms with van der Waals surface area (Å²) in [6.45, 7) is 8.93. The lowest BCUT2D eigenvalue weighted by Crippen LogP contribution is -2.45. The number of carbonyl (C=O) groups excluding carboxylic acids is 3. The molecular formula is C62H71Cl2F4N11O5. The van der Waals surface area contributed by atoms with Crippen molar-refractivity contribution in [2.24, 2.45) is 17.3 Å². The van der Waals surface area contributed by atoms with Crippen LogP contribution in [0.3, 0.4) is 0 Å². The van der Waals surface area contributed by atoms with E-state index in [0.717, 1.165) is 77.1 Å². The summed E-state index contributed by atoms with van der Waals surface area (Å²) in [6.07, 6.45) is 11.0. The lowest BCUT2D eigenvalue weighted by molar-refractivity contribution is -0.118. The summed E-state index contributed by atoms with van der Waals surface area (Å²) >= 11 is 12.5. The summed E-state index contributed by atoms with van der Waals surface area (Å²) in [5, 5.41) is 30.4. The Morgan fingerprint density at radius 2 is 1.70 bits per heavy atom. The van der Waals surface area contributed by atoms with Gasteiger partial charge in [-0.1, -0.05) is 75.0 Å². The van der Waals surface area contributed by atoms with E-state index < -0.39 is 64.4 Å². The minimum Gasteiger partial charge on any atom is -0.495 e. The van der Waals surface area contributed by atoms with E-state index in [9.17, 15) is 28.4 Å². The van der Waals surface area contributed by atoms with Crippen LogP contribution in [0.1, 0.15) is 147 Å². The van der Waals surface area contributed by atoms with E-state index in [1.165, 1.54) is 74.9 Å². The summed E-state index contributed by atoms with van der Waals surface area (Å²) in [7, 11) is 3.51. The van der Waals surface area contributed by atoms with E-state index in [1.54, 1.807) is 29.1 Å². The monoisotopic (exact) mass is 1200 g/mol. The van der Waals surface area contributed by atoms with Crippen molar-refractivity contribution in [2.45, 2.75) is 127 Å². The molecule has 3 amide bonds. The quantitative estimate of drug-likeness (QED) is 0.0284. The fourth-order valence-corrected chi connectivity index (χ4v) is 12.1. The number of hydrogen-bond donors (Lipinski definition) is 5. The number of benzene rings is 3. The third kappa shape index (κ3) is 14.5. The molecule has 5 N–H and O–H groups in total. The molecular weight excluding hydrogens is 1130 g/mol. The van der Waals surface area contributed by atoms with Crippen LogP contribution in [-0.4, -0.2) is 94.8 Å². The van der Waals surface area contributed by atoms with Crippen LogP contribution in [0.25, 0.3) is 11.5 Å². The normalized spacial score (nSPS) is 20.6. The van der Waals surface area contributed by atoms with Gasteiger partial charge in [0.05, 0.1) is 41.7 Å². The molecule has 0 bridgehead atoms. The summed E-state index contributed by atoms with van der Waals surface area (Å²) in [4.78, 5) is 52.2. The first-order valence-electron chi connectivity index (χ1n) is 28.6. The average Bonchev–Trinajstić information content (AvgIpc) is 2.02. The van der Waals surface area contributed by atoms with Gasteiger partial charge < -0.3 is 40.6 Å². The van der Waals surface area contributed by atoms with E-state index >= 15 is 8.78 Å². The topological polar surface area (TPSA) is 204 Å². The van der Waals surface area contributed by atoms with Crippen LogP contribution in [0.2, 0.25) is 10.0 Å². The first-order chi connectivity index (χ1) is 40.2. The van der Waals surface area contributed by atoms with Crippen LogP contribution < -0.4 is 31.3 Å². The van der Waals surface area contributed by atoms with Crippen molar-refractivity contribution >= 4 is 58.1 Å². The Bertz CT molecular complexity index is 3360. The number of aromatic nitrogens is 4. The molecule has 3 aromatic carbocycles. The molecule has 3 fully saturated rings. The van der Waals surface area contributed by atoms with Gasteiger partial charge in [-0.15, -0.1) is 0 Å². The maximum Gasteiger partial charge on any atom is 0.284 e. The van der Waals surface area contributed by atoms with Crippen molar-refractivity contribution in [3.05, 3.63) is 135 Å². The van der Waals surface area contributed by atoms with Crippen LogP contribution in [0.4, 0.5) is 34.8 Å². The van der Waals surface area contributed by atoms with Gasteiger partial charge in [0, 0.05) is 65.7 Å². The van der Waals surface area contributed by atoms with Crippen LogP contribution in [0.15, 0.2) is 89.8 Å². The van der Waals surface area contributed by atoms with Crippen molar-refractivity contribution in [3.8, 4) is 23.3 Å². The summed E-state index contributed by atoms with van der Waals surface area (Å²) in [5.74, 6) is -2.40. The Balaban J connectivity index is 0.718. The van der Waals surface area contributed by atoms with Crippen LogP contribution in [0, 0.1) is 40.2 Å². The zero-order valence-corrected chi connectivity index (χ0v) is 49.2. The number of amides is 3. The number of pyridine rings is 1. The third-order valence-corrected chi connectivity index (χ3v) is 16.7. The second kappa shape index (κ2) is 26.9. The average molecular weight is 1200 g/mol. The van der Waals surface area contributed by atoms with Crippen LogP contribution in [-0.2, 0) is 10.2 Å². The first kappa shape index (κ1) is 61.5. The lowest BCUT2D eigenvalue weighted by Gasteiger charge is -2.37. The number of ether oxygens (including phenoxy) is 1. The molecule has 9 rings (SSSR count). The highest BCUT2D eigenvalue weighted by molar-refractivity contribution is 6.31. The van der Waals surface area contributed by atoms with Crippen LogP contribution in [0.5, 0.6) is 5.75 Å². The van der Waals surface area contributed by atoms with Gasteiger partial charge in [-0.2, -0.15) is 10.4 Å². The highest BCUT2D eigenvalue weighted by Crippen LogP contribution is 2.53. The number of oxazole rings is 1. The number of alkyl halides is 2. The summed E-state index contributed by atoms with van der Waals surface area (Å²) in [6, 6.07) is 16.5. The molecule has 2 aliphatic carbocycles. The zero-order chi connectivity index (χ0) is 59.9. The zero-order valence-electron chi connectivity index (χ0n) is 47.7. The molecule has 2 saturated carbocycles. The van der Waals surface area contributed by atoms with E-state index in [-0.39, 0.29) is 61.8 Å². The summed E-state index contributed by atoms with van der Waals surface area (Å²) < 4.78 is 73.7. The van der Waals surface area contributed by atoms with Gasteiger partial charge in [0.2, 0.25) is 11.8 Å². The Morgan fingerprint density at radius 1 is 0.940 bits per heavy atom. The molecule has 1 saturated heterocycles. The fraction of sp³-hybridized carbons (Fsp3) is 0.468. The molecule has 3 aromatic heterocycles. The number of methoxy groups -OCH3 is 1. The molecule has 0 spiro atoms. The molecule has 1 aliphatic heterocycles. The molecule has 4 atom stereocenters. The van der Waals surface area contributed by atoms with Gasteiger partial charge in [-0.25, -0.2) is 27.5 Å². The number of nitrogens with zero attached hydrogens (tertiary/aromatic N) is 6. The van der Waals surface area contributed by atoms with E-state index in [0.29, 0.717) is 41.7 Å². The Labute approximate surface area is 496 Å². The molecule has 0 unspecified atom stereocenters. The summed E-state index contributed by atoms with van der Waals surface area (Å²) in [5.41, 5.74) is -1.80. The number of nitriles is 1. The number of anilines is 3.